The smallest absolute Gasteiger partial charge is 0.185 e. The normalized spacial score (nSPS) is 18.7. The molecule has 0 bridgehead atoms. The fourth-order valence-electron chi connectivity index (χ4n) is 2.71. The first kappa shape index (κ1) is 14.8. The molecule has 0 aliphatic heterocycles. The van der Waals surface area contributed by atoms with Crippen LogP contribution in [0.3, 0.4) is 0 Å². The number of hydrogen-bond acceptors (Lipinski definition) is 4. The number of fused-ring (bicyclic) bond motifs is 1. The van der Waals surface area contributed by atoms with E-state index in [1.165, 1.54) is 35.0 Å². The summed E-state index contributed by atoms with van der Waals surface area (Å²) in [5.41, 5.74) is 1.34. The molecular formula is C15H27N3S. The molecule has 1 aromatic heterocycles. The van der Waals surface area contributed by atoms with Gasteiger partial charge in [0, 0.05) is 24.5 Å². The summed E-state index contributed by atoms with van der Waals surface area (Å²) in [5.74, 6) is 0.681. The molecule has 108 valence electrons. The molecule has 1 atom stereocenters. The number of aromatic nitrogens is 1. The minimum atomic E-state index is 0.544. The zero-order valence-corrected chi connectivity index (χ0v) is 13.5. The Bertz CT molecular complexity index is 400. The largest absolute Gasteiger partial charge is 0.351 e. The molecule has 0 radical (unpaired) electrons. The zero-order chi connectivity index (χ0) is 13.8. The first-order valence-corrected chi connectivity index (χ1v) is 8.37. The third kappa shape index (κ3) is 3.69. The second kappa shape index (κ2) is 6.71. The molecule has 0 amide bonds. The molecule has 1 aromatic rings. The van der Waals surface area contributed by atoms with Gasteiger partial charge >= 0.3 is 0 Å². The van der Waals surface area contributed by atoms with E-state index in [-0.39, 0.29) is 0 Å². The van der Waals surface area contributed by atoms with Crippen LogP contribution in [-0.4, -0.2) is 25.1 Å². The van der Waals surface area contributed by atoms with Crippen molar-refractivity contribution in [2.75, 3.05) is 25.0 Å². The van der Waals surface area contributed by atoms with Gasteiger partial charge in [-0.1, -0.05) is 32.1 Å². The van der Waals surface area contributed by atoms with Crippen molar-refractivity contribution in [1.29, 1.82) is 0 Å². The Morgan fingerprint density at radius 1 is 1.47 bits per heavy atom. The zero-order valence-electron chi connectivity index (χ0n) is 12.7. The summed E-state index contributed by atoms with van der Waals surface area (Å²) < 4.78 is 0. The molecule has 1 unspecified atom stereocenters. The molecule has 0 saturated carbocycles. The highest BCUT2D eigenvalue weighted by molar-refractivity contribution is 7.15. The molecule has 1 heterocycles. The van der Waals surface area contributed by atoms with E-state index in [9.17, 15) is 0 Å². The first-order valence-electron chi connectivity index (χ1n) is 7.56. The van der Waals surface area contributed by atoms with Gasteiger partial charge in [-0.2, -0.15) is 0 Å². The van der Waals surface area contributed by atoms with Gasteiger partial charge in [-0.25, -0.2) is 4.98 Å². The van der Waals surface area contributed by atoms with E-state index < -0.39 is 0 Å². The number of nitrogens with zero attached hydrogens (tertiary/aromatic N) is 2. The summed E-state index contributed by atoms with van der Waals surface area (Å²) in [7, 11) is 2.17. The summed E-state index contributed by atoms with van der Waals surface area (Å²) in [6.45, 7) is 8.94. The summed E-state index contributed by atoms with van der Waals surface area (Å²) in [4.78, 5) is 8.67. The summed E-state index contributed by atoms with van der Waals surface area (Å²) in [6.07, 6.45) is 4.89. The predicted octanol–water partition coefficient (Wildman–Crippen LogP) is 3.61. The molecule has 0 aromatic carbocycles. The molecule has 0 fully saturated rings. The topological polar surface area (TPSA) is 28.2 Å². The van der Waals surface area contributed by atoms with E-state index in [2.05, 4.69) is 38.0 Å². The maximum Gasteiger partial charge on any atom is 0.185 e. The van der Waals surface area contributed by atoms with Gasteiger partial charge in [0.2, 0.25) is 0 Å². The third-order valence-corrected chi connectivity index (χ3v) is 4.87. The molecule has 1 aliphatic carbocycles. The van der Waals surface area contributed by atoms with Crippen LogP contribution in [0, 0.1) is 5.92 Å². The number of aryl methyl sites for hydroxylation is 1. The fraction of sp³-hybridized carbons (Fsp3) is 0.800. The van der Waals surface area contributed by atoms with Gasteiger partial charge in [-0.05, 0) is 38.1 Å². The number of rotatable bonds is 6. The monoisotopic (exact) mass is 281 g/mol. The lowest BCUT2D eigenvalue weighted by Gasteiger charge is -2.22. The van der Waals surface area contributed by atoms with Crippen molar-refractivity contribution in [3.05, 3.63) is 10.6 Å². The highest BCUT2D eigenvalue weighted by Crippen LogP contribution is 2.37. The van der Waals surface area contributed by atoms with Crippen LogP contribution in [0.25, 0.3) is 0 Å². The Balaban J connectivity index is 2.11. The summed E-state index contributed by atoms with van der Waals surface area (Å²) in [5, 5.41) is 4.87. The Kier molecular flexibility index (Phi) is 5.22. The van der Waals surface area contributed by atoms with Crippen molar-refractivity contribution in [1.82, 2.24) is 10.3 Å². The minimum absolute atomic E-state index is 0.544. The van der Waals surface area contributed by atoms with Crippen LogP contribution < -0.4 is 10.2 Å². The number of hydrogen-bond donors (Lipinski definition) is 1. The SMILES string of the molecule is CCCNC1CCCc2nc(N(C)CC(C)C)sc21. The lowest BCUT2D eigenvalue weighted by Crippen LogP contribution is -2.24. The second-order valence-corrected chi connectivity index (χ2v) is 6.99. The van der Waals surface area contributed by atoms with Gasteiger partial charge in [0.05, 0.1) is 5.69 Å². The fourth-order valence-corrected chi connectivity index (χ4v) is 3.90. The van der Waals surface area contributed by atoms with Crippen molar-refractivity contribution in [3.63, 3.8) is 0 Å². The van der Waals surface area contributed by atoms with E-state index in [0.29, 0.717) is 12.0 Å². The van der Waals surface area contributed by atoms with Crippen LogP contribution in [0.2, 0.25) is 0 Å². The van der Waals surface area contributed by atoms with Crippen molar-refractivity contribution < 1.29 is 0 Å². The van der Waals surface area contributed by atoms with E-state index in [1.807, 2.05) is 11.3 Å². The lowest BCUT2D eigenvalue weighted by molar-refractivity contribution is 0.464. The van der Waals surface area contributed by atoms with E-state index in [0.717, 1.165) is 19.5 Å². The van der Waals surface area contributed by atoms with Crippen molar-refractivity contribution in [3.8, 4) is 0 Å². The Labute approximate surface area is 121 Å². The molecule has 3 nitrogen and oxygen atoms in total. The first-order chi connectivity index (χ1) is 9.11. The van der Waals surface area contributed by atoms with Crippen molar-refractivity contribution in [2.24, 2.45) is 5.92 Å². The number of nitrogens with one attached hydrogen (secondary N) is 1. The molecule has 1 aliphatic rings. The van der Waals surface area contributed by atoms with Gasteiger partial charge in [0.15, 0.2) is 5.13 Å². The summed E-state index contributed by atoms with van der Waals surface area (Å²) >= 11 is 1.90. The van der Waals surface area contributed by atoms with Crippen LogP contribution in [0.5, 0.6) is 0 Å². The molecule has 1 N–H and O–H groups in total. The minimum Gasteiger partial charge on any atom is -0.351 e. The van der Waals surface area contributed by atoms with E-state index in [4.69, 9.17) is 4.98 Å². The standard InChI is InChI=1S/C15H27N3S/c1-5-9-16-12-7-6-8-13-14(12)19-15(17-13)18(4)10-11(2)3/h11-12,16H,5-10H2,1-4H3. The van der Waals surface area contributed by atoms with Crippen LogP contribution >= 0.6 is 11.3 Å². The number of anilines is 1. The molecular weight excluding hydrogens is 254 g/mol. The van der Waals surface area contributed by atoms with E-state index >= 15 is 0 Å². The maximum absolute atomic E-state index is 4.87. The highest BCUT2D eigenvalue weighted by Gasteiger charge is 2.25. The quantitative estimate of drug-likeness (QED) is 0.863. The number of thiazole rings is 1. The molecule has 0 spiro atoms. The van der Waals surface area contributed by atoms with Crippen LogP contribution in [0.4, 0.5) is 5.13 Å². The van der Waals surface area contributed by atoms with Crippen molar-refractivity contribution in [2.45, 2.75) is 52.5 Å². The van der Waals surface area contributed by atoms with Crippen LogP contribution in [0.15, 0.2) is 0 Å². The molecule has 2 rings (SSSR count). The highest BCUT2D eigenvalue weighted by atomic mass is 32.1. The molecule has 19 heavy (non-hydrogen) atoms. The van der Waals surface area contributed by atoms with E-state index in [1.54, 1.807) is 0 Å². The van der Waals surface area contributed by atoms with Gasteiger partial charge in [0.1, 0.15) is 0 Å². The van der Waals surface area contributed by atoms with Gasteiger partial charge in [-0.15, -0.1) is 0 Å². The predicted molar refractivity (Wildman–Crippen MR) is 84.2 cm³/mol. The van der Waals surface area contributed by atoms with Gasteiger partial charge < -0.3 is 10.2 Å². The van der Waals surface area contributed by atoms with Crippen molar-refractivity contribution >= 4 is 16.5 Å². The van der Waals surface area contributed by atoms with Crippen LogP contribution in [-0.2, 0) is 6.42 Å². The maximum atomic E-state index is 4.87. The Morgan fingerprint density at radius 3 is 2.95 bits per heavy atom. The molecule has 4 heteroatoms. The molecule has 0 saturated heterocycles. The Morgan fingerprint density at radius 2 is 2.26 bits per heavy atom. The average molecular weight is 281 g/mol. The Hall–Kier alpha value is -0.610. The van der Waals surface area contributed by atoms with Gasteiger partial charge in [0.25, 0.3) is 0 Å². The second-order valence-electron chi connectivity index (χ2n) is 5.98. The van der Waals surface area contributed by atoms with Crippen LogP contribution in [0.1, 0.15) is 56.6 Å². The average Bonchev–Trinajstić information content (AvgIpc) is 2.80. The van der Waals surface area contributed by atoms with Gasteiger partial charge in [-0.3, -0.25) is 0 Å². The summed E-state index contributed by atoms with van der Waals surface area (Å²) in [6, 6.07) is 0.544. The third-order valence-electron chi connectivity index (χ3n) is 3.55. The lowest BCUT2D eigenvalue weighted by atomic mass is 9.98.